The van der Waals surface area contributed by atoms with Gasteiger partial charge in [0, 0.05) is 36.8 Å². The third kappa shape index (κ3) is 3.70. The van der Waals surface area contributed by atoms with Crippen molar-refractivity contribution in [2.75, 3.05) is 19.6 Å². The molecule has 0 bridgehead atoms. The van der Waals surface area contributed by atoms with Gasteiger partial charge in [0.05, 0.1) is 0 Å². The van der Waals surface area contributed by atoms with Crippen LogP contribution in [0.3, 0.4) is 0 Å². The van der Waals surface area contributed by atoms with Crippen LogP contribution in [0.15, 0.2) is 11.1 Å². The second-order valence-corrected chi connectivity index (χ2v) is 5.51. The Hall–Kier alpha value is -0.0500. The van der Waals surface area contributed by atoms with Crippen molar-refractivity contribution in [2.45, 2.75) is 58.5 Å². The molecule has 1 aliphatic heterocycles. The highest BCUT2D eigenvalue weighted by molar-refractivity contribution is 6.25. The molecule has 1 saturated heterocycles. The highest BCUT2D eigenvalue weighted by Gasteiger charge is 2.35. The van der Waals surface area contributed by atoms with Crippen LogP contribution in [0.5, 0.6) is 0 Å². The van der Waals surface area contributed by atoms with Crippen LogP contribution < -0.4 is 5.32 Å². The molecular formula is C14H27ClN2. The fraction of sp³-hybridized carbons (Fsp3) is 0.857. The minimum absolute atomic E-state index is 0.304. The molecule has 0 saturated carbocycles. The van der Waals surface area contributed by atoms with E-state index in [-0.39, 0.29) is 0 Å². The molecule has 0 aromatic rings. The SMILES string of the molecule is CCC1CNC(CC)(CC)CN1CC(C)=CCl. The van der Waals surface area contributed by atoms with Gasteiger partial charge in [0.15, 0.2) is 0 Å². The Bertz CT molecular complexity index is 259. The Morgan fingerprint density at radius 1 is 1.41 bits per heavy atom. The molecule has 1 N–H and O–H groups in total. The van der Waals surface area contributed by atoms with Gasteiger partial charge in [0.2, 0.25) is 0 Å². The fourth-order valence-corrected chi connectivity index (χ4v) is 2.77. The normalized spacial score (nSPS) is 26.2. The number of nitrogens with one attached hydrogen (secondary N) is 1. The summed E-state index contributed by atoms with van der Waals surface area (Å²) < 4.78 is 0. The standard InChI is InChI=1S/C14H27ClN2/c1-5-13-9-16-14(6-2,7-3)11-17(13)10-12(4)8-15/h8,13,16H,5-7,9-11H2,1-4H3. The van der Waals surface area contributed by atoms with E-state index in [4.69, 9.17) is 11.6 Å². The van der Waals surface area contributed by atoms with Crippen molar-refractivity contribution in [1.29, 1.82) is 0 Å². The Balaban J connectivity index is 2.74. The molecule has 2 nitrogen and oxygen atoms in total. The third-order valence-corrected chi connectivity index (χ3v) is 4.57. The molecule has 1 aliphatic rings. The summed E-state index contributed by atoms with van der Waals surface area (Å²) in [6, 6.07) is 0.646. The lowest BCUT2D eigenvalue weighted by Crippen LogP contribution is -2.63. The Kier molecular flexibility index (Phi) is 5.98. The van der Waals surface area contributed by atoms with Crippen molar-refractivity contribution < 1.29 is 0 Å². The number of halogens is 1. The summed E-state index contributed by atoms with van der Waals surface area (Å²) in [6.45, 7) is 12.2. The van der Waals surface area contributed by atoms with E-state index in [1.165, 1.54) is 24.8 Å². The number of rotatable bonds is 5. The molecule has 1 rings (SSSR count). The Labute approximate surface area is 111 Å². The van der Waals surface area contributed by atoms with Gasteiger partial charge in [-0.3, -0.25) is 4.90 Å². The largest absolute Gasteiger partial charge is 0.308 e. The monoisotopic (exact) mass is 258 g/mol. The van der Waals surface area contributed by atoms with Gasteiger partial charge in [-0.05, 0) is 31.8 Å². The predicted octanol–water partition coefficient (Wildman–Crippen LogP) is 3.37. The highest BCUT2D eigenvalue weighted by atomic mass is 35.5. The van der Waals surface area contributed by atoms with E-state index in [1.807, 2.05) is 0 Å². The number of piperazine rings is 1. The van der Waals surface area contributed by atoms with Gasteiger partial charge in [-0.1, -0.05) is 32.4 Å². The zero-order valence-corrected chi connectivity index (χ0v) is 12.5. The fourth-order valence-electron chi connectivity index (χ4n) is 2.70. The minimum Gasteiger partial charge on any atom is -0.308 e. The number of nitrogens with zero attached hydrogens (tertiary/aromatic N) is 1. The lowest BCUT2D eigenvalue weighted by molar-refractivity contribution is 0.0788. The van der Waals surface area contributed by atoms with E-state index in [0.717, 1.165) is 19.6 Å². The van der Waals surface area contributed by atoms with Crippen molar-refractivity contribution in [1.82, 2.24) is 10.2 Å². The zero-order chi connectivity index (χ0) is 12.9. The molecule has 0 aromatic heterocycles. The summed E-state index contributed by atoms with van der Waals surface area (Å²) in [5.74, 6) is 0. The quantitative estimate of drug-likeness (QED) is 0.814. The zero-order valence-electron chi connectivity index (χ0n) is 11.7. The first-order chi connectivity index (χ1) is 8.10. The van der Waals surface area contributed by atoms with Gasteiger partial charge >= 0.3 is 0 Å². The molecular weight excluding hydrogens is 232 g/mol. The lowest BCUT2D eigenvalue weighted by atomic mass is 9.88. The van der Waals surface area contributed by atoms with Crippen LogP contribution in [0.2, 0.25) is 0 Å². The van der Waals surface area contributed by atoms with E-state index in [1.54, 1.807) is 5.54 Å². The van der Waals surface area contributed by atoms with E-state index >= 15 is 0 Å². The average Bonchev–Trinajstić information content (AvgIpc) is 2.38. The van der Waals surface area contributed by atoms with Crippen LogP contribution in [-0.4, -0.2) is 36.1 Å². The van der Waals surface area contributed by atoms with Crippen LogP contribution in [0, 0.1) is 0 Å². The van der Waals surface area contributed by atoms with E-state index in [9.17, 15) is 0 Å². The van der Waals surface area contributed by atoms with Gasteiger partial charge in [-0.15, -0.1) is 0 Å². The molecule has 0 spiro atoms. The Morgan fingerprint density at radius 3 is 2.53 bits per heavy atom. The highest BCUT2D eigenvalue weighted by Crippen LogP contribution is 2.24. The van der Waals surface area contributed by atoms with Crippen LogP contribution in [0.25, 0.3) is 0 Å². The van der Waals surface area contributed by atoms with Crippen molar-refractivity contribution >= 4 is 11.6 Å². The molecule has 0 aliphatic carbocycles. The molecule has 0 amide bonds. The van der Waals surface area contributed by atoms with E-state index in [0.29, 0.717) is 11.6 Å². The maximum atomic E-state index is 5.80. The summed E-state index contributed by atoms with van der Waals surface area (Å²) in [5.41, 5.74) is 3.28. The molecule has 1 fully saturated rings. The second kappa shape index (κ2) is 6.77. The maximum absolute atomic E-state index is 5.80. The van der Waals surface area contributed by atoms with Gasteiger partial charge in [-0.25, -0.2) is 0 Å². The summed E-state index contributed by atoms with van der Waals surface area (Å²) in [5, 5.41) is 3.76. The van der Waals surface area contributed by atoms with Crippen molar-refractivity contribution in [3.05, 3.63) is 11.1 Å². The molecule has 1 heterocycles. The van der Waals surface area contributed by atoms with Crippen LogP contribution in [-0.2, 0) is 0 Å². The first-order valence-corrected chi connectivity index (χ1v) is 7.29. The topological polar surface area (TPSA) is 15.3 Å². The smallest absolute Gasteiger partial charge is 0.0304 e. The van der Waals surface area contributed by atoms with Gasteiger partial charge in [0.1, 0.15) is 0 Å². The molecule has 100 valence electrons. The van der Waals surface area contributed by atoms with Gasteiger partial charge < -0.3 is 5.32 Å². The molecule has 1 unspecified atom stereocenters. The molecule has 3 heteroatoms. The molecule has 0 aromatic carbocycles. The second-order valence-electron chi connectivity index (χ2n) is 5.29. The van der Waals surface area contributed by atoms with Crippen molar-refractivity contribution in [3.63, 3.8) is 0 Å². The van der Waals surface area contributed by atoms with Crippen LogP contribution in [0.1, 0.15) is 47.0 Å². The van der Waals surface area contributed by atoms with E-state index in [2.05, 4.69) is 37.9 Å². The summed E-state index contributed by atoms with van der Waals surface area (Å²) in [4.78, 5) is 2.59. The molecule has 17 heavy (non-hydrogen) atoms. The number of hydrogen-bond acceptors (Lipinski definition) is 2. The summed E-state index contributed by atoms with van der Waals surface area (Å²) in [6.07, 6.45) is 3.59. The first-order valence-electron chi connectivity index (χ1n) is 6.85. The van der Waals surface area contributed by atoms with Gasteiger partial charge in [0.25, 0.3) is 0 Å². The van der Waals surface area contributed by atoms with Crippen molar-refractivity contribution in [3.8, 4) is 0 Å². The number of hydrogen-bond donors (Lipinski definition) is 1. The van der Waals surface area contributed by atoms with Crippen molar-refractivity contribution in [2.24, 2.45) is 0 Å². The molecule has 1 atom stereocenters. The minimum atomic E-state index is 0.304. The van der Waals surface area contributed by atoms with Gasteiger partial charge in [-0.2, -0.15) is 0 Å². The predicted molar refractivity (Wildman–Crippen MR) is 76.6 cm³/mol. The third-order valence-electron chi connectivity index (χ3n) is 4.20. The first kappa shape index (κ1) is 15.0. The van der Waals surface area contributed by atoms with Crippen LogP contribution in [0.4, 0.5) is 0 Å². The average molecular weight is 259 g/mol. The Morgan fingerprint density at radius 2 is 2.06 bits per heavy atom. The maximum Gasteiger partial charge on any atom is 0.0304 e. The van der Waals surface area contributed by atoms with Crippen LogP contribution >= 0.6 is 11.6 Å². The van der Waals surface area contributed by atoms with E-state index < -0.39 is 0 Å². The summed E-state index contributed by atoms with van der Waals surface area (Å²) >= 11 is 5.80. The lowest BCUT2D eigenvalue weighted by Gasteiger charge is -2.47. The molecule has 0 radical (unpaired) electrons. The summed E-state index contributed by atoms with van der Waals surface area (Å²) in [7, 11) is 0.